The van der Waals surface area contributed by atoms with Crippen LogP contribution in [0.2, 0.25) is 0 Å². The molecule has 0 aliphatic carbocycles. The molecule has 0 saturated carbocycles. The maximum absolute atomic E-state index is 11.5. The van der Waals surface area contributed by atoms with E-state index in [1.165, 1.54) is 22.1 Å². The largest absolute Gasteiger partial charge is 0.318 e. The normalized spacial score (nSPS) is 10.6. The summed E-state index contributed by atoms with van der Waals surface area (Å²) in [4.78, 5) is 15.7. The first-order valence-corrected chi connectivity index (χ1v) is 5.82. The van der Waals surface area contributed by atoms with Crippen molar-refractivity contribution in [3.8, 4) is 10.7 Å². The van der Waals surface area contributed by atoms with Crippen LogP contribution < -0.4 is 10.9 Å². The van der Waals surface area contributed by atoms with E-state index in [9.17, 15) is 4.79 Å². The summed E-state index contributed by atoms with van der Waals surface area (Å²) in [5, 5.41) is 9.97. The Morgan fingerprint density at radius 2 is 2.38 bits per heavy atom. The Labute approximate surface area is 96.8 Å². The van der Waals surface area contributed by atoms with Crippen molar-refractivity contribution in [1.29, 1.82) is 0 Å². The van der Waals surface area contributed by atoms with Gasteiger partial charge in [-0.15, -0.1) is 11.3 Å². The van der Waals surface area contributed by atoms with Gasteiger partial charge in [0.2, 0.25) is 0 Å². The van der Waals surface area contributed by atoms with Crippen molar-refractivity contribution < 1.29 is 0 Å². The molecule has 0 fully saturated rings. The summed E-state index contributed by atoms with van der Waals surface area (Å²) in [7, 11) is 1.84. The molecule has 0 radical (unpaired) electrons. The van der Waals surface area contributed by atoms with Crippen LogP contribution in [0.4, 0.5) is 0 Å². The zero-order valence-electron chi connectivity index (χ0n) is 8.88. The van der Waals surface area contributed by atoms with Crippen molar-refractivity contribution >= 4 is 11.3 Å². The van der Waals surface area contributed by atoms with Gasteiger partial charge in [-0.1, -0.05) is 0 Å². The van der Waals surface area contributed by atoms with Crippen molar-refractivity contribution in [3.63, 3.8) is 0 Å². The van der Waals surface area contributed by atoms with Crippen LogP contribution in [0.5, 0.6) is 0 Å². The highest BCUT2D eigenvalue weighted by Gasteiger charge is 2.04. The van der Waals surface area contributed by atoms with Gasteiger partial charge in [-0.25, -0.2) is 9.67 Å². The van der Waals surface area contributed by atoms with Gasteiger partial charge in [0, 0.05) is 24.2 Å². The average Bonchev–Trinajstić information content (AvgIpc) is 2.81. The van der Waals surface area contributed by atoms with E-state index >= 15 is 0 Å². The fourth-order valence-electron chi connectivity index (χ4n) is 1.29. The van der Waals surface area contributed by atoms with Gasteiger partial charge in [0.1, 0.15) is 10.7 Å². The van der Waals surface area contributed by atoms with Crippen LogP contribution in [0.25, 0.3) is 10.7 Å². The molecule has 2 rings (SSSR count). The lowest BCUT2D eigenvalue weighted by Gasteiger charge is -2.04. The van der Waals surface area contributed by atoms with Gasteiger partial charge in [0.05, 0.1) is 6.54 Å². The number of aromatic nitrogens is 3. The van der Waals surface area contributed by atoms with Crippen LogP contribution in [0.3, 0.4) is 0 Å². The maximum Gasteiger partial charge on any atom is 0.266 e. The second-order valence-electron chi connectivity index (χ2n) is 3.22. The molecular formula is C10H12N4OS. The summed E-state index contributed by atoms with van der Waals surface area (Å²) in [5.41, 5.74) is 0.654. The average molecular weight is 236 g/mol. The minimum Gasteiger partial charge on any atom is -0.318 e. The molecule has 2 aromatic rings. The Balaban J connectivity index is 2.32. The van der Waals surface area contributed by atoms with Gasteiger partial charge in [0.25, 0.3) is 5.56 Å². The van der Waals surface area contributed by atoms with E-state index in [4.69, 9.17) is 0 Å². The Hall–Kier alpha value is -1.53. The van der Waals surface area contributed by atoms with Crippen molar-refractivity contribution in [2.75, 3.05) is 13.6 Å². The minimum absolute atomic E-state index is 0.0874. The molecule has 5 nitrogen and oxygen atoms in total. The summed E-state index contributed by atoms with van der Waals surface area (Å²) in [6.07, 6.45) is 1.73. The molecule has 0 bridgehead atoms. The second-order valence-corrected chi connectivity index (χ2v) is 4.12. The third kappa shape index (κ3) is 2.34. The standard InChI is InChI=1S/C10H12N4OS/c1-11-4-6-14-9(15)3-2-8(13-14)10-12-5-7-16-10/h2-3,5,7,11H,4,6H2,1H3. The highest BCUT2D eigenvalue weighted by molar-refractivity contribution is 7.13. The number of hydrogen-bond acceptors (Lipinski definition) is 5. The molecule has 0 aliphatic heterocycles. The van der Waals surface area contributed by atoms with Crippen molar-refractivity contribution in [2.45, 2.75) is 6.54 Å². The fraction of sp³-hybridized carbons (Fsp3) is 0.300. The van der Waals surface area contributed by atoms with Crippen LogP contribution in [0.1, 0.15) is 0 Å². The first-order valence-electron chi connectivity index (χ1n) is 4.94. The highest BCUT2D eigenvalue weighted by Crippen LogP contribution is 2.17. The third-order valence-corrected chi connectivity index (χ3v) is 2.89. The van der Waals surface area contributed by atoms with E-state index in [0.29, 0.717) is 13.1 Å². The van der Waals surface area contributed by atoms with E-state index in [-0.39, 0.29) is 5.56 Å². The summed E-state index contributed by atoms with van der Waals surface area (Å²) in [5.74, 6) is 0. The molecule has 16 heavy (non-hydrogen) atoms. The lowest BCUT2D eigenvalue weighted by atomic mass is 10.4. The smallest absolute Gasteiger partial charge is 0.266 e. The van der Waals surface area contributed by atoms with Crippen LogP contribution in [0, 0.1) is 0 Å². The molecule has 0 aliphatic rings. The molecule has 0 unspecified atom stereocenters. The molecule has 0 amide bonds. The maximum atomic E-state index is 11.5. The Morgan fingerprint density at radius 1 is 1.50 bits per heavy atom. The molecule has 1 N–H and O–H groups in total. The van der Waals surface area contributed by atoms with Gasteiger partial charge in [-0.2, -0.15) is 5.10 Å². The number of rotatable bonds is 4. The van der Waals surface area contributed by atoms with Gasteiger partial charge < -0.3 is 5.32 Å². The number of nitrogens with one attached hydrogen (secondary N) is 1. The summed E-state index contributed by atoms with van der Waals surface area (Å²) < 4.78 is 1.45. The number of nitrogens with zero attached hydrogens (tertiary/aromatic N) is 3. The van der Waals surface area contributed by atoms with Crippen LogP contribution in [0.15, 0.2) is 28.5 Å². The predicted octanol–water partition coefficient (Wildman–Crippen LogP) is 0.586. The second kappa shape index (κ2) is 5.00. The van der Waals surface area contributed by atoms with E-state index in [1.54, 1.807) is 12.3 Å². The highest BCUT2D eigenvalue weighted by atomic mass is 32.1. The predicted molar refractivity (Wildman–Crippen MR) is 63.5 cm³/mol. The van der Waals surface area contributed by atoms with E-state index in [0.717, 1.165) is 10.7 Å². The molecule has 0 spiro atoms. The molecule has 0 saturated heterocycles. The topological polar surface area (TPSA) is 59.8 Å². The monoisotopic (exact) mass is 236 g/mol. The third-order valence-electron chi connectivity index (χ3n) is 2.09. The zero-order valence-corrected chi connectivity index (χ0v) is 9.70. The summed E-state index contributed by atoms with van der Waals surface area (Å²) >= 11 is 1.51. The molecule has 6 heteroatoms. The lowest BCUT2D eigenvalue weighted by molar-refractivity contribution is 0.557. The molecule has 0 aromatic carbocycles. The first-order chi connectivity index (χ1) is 7.81. The Kier molecular flexibility index (Phi) is 3.43. The zero-order chi connectivity index (χ0) is 11.4. The molecule has 0 atom stereocenters. The quantitative estimate of drug-likeness (QED) is 0.844. The van der Waals surface area contributed by atoms with E-state index in [2.05, 4.69) is 15.4 Å². The summed E-state index contributed by atoms with van der Waals surface area (Å²) in [6, 6.07) is 3.23. The molecule has 2 heterocycles. The van der Waals surface area contributed by atoms with Gasteiger partial charge in [-0.3, -0.25) is 4.79 Å². The van der Waals surface area contributed by atoms with Crippen molar-refractivity contribution in [2.24, 2.45) is 0 Å². The lowest BCUT2D eigenvalue weighted by Crippen LogP contribution is -2.27. The molecule has 2 aromatic heterocycles. The molecular weight excluding hydrogens is 224 g/mol. The van der Waals surface area contributed by atoms with Gasteiger partial charge in [0.15, 0.2) is 0 Å². The Bertz CT molecular complexity index is 506. The van der Waals surface area contributed by atoms with Crippen LogP contribution >= 0.6 is 11.3 Å². The first kappa shape index (κ1) is 11.0. The van der Waals surface area contributed by atoms with Crippen LogP contribution in [-0.2, 0) is 6.54 Å². The van der Waals surface area contributed by atoms with Crippen molar-refractivity contribution in [1.82, 2.24) is 20.1 Å². The number of likely N-dealkylation sites (N-methyl/N-ethyl adjacent to an activating group) is 1. The SMILES string of the molecule is CNCCn1nc(-c2nccs2)ccc1=O. The fourth-order valence-corrected chi connectivity index (χ4v) is 1.89. The molecule has 84 valence electrons. The van der Waals surface area contributed by atoms with Gasteiger partial charge >= 0.3 is 0 Å². The van der Waals surface area contributed by atoms with E-state index < -0.39 is 0 Å². The van der Waals surface area contributed by atoms with E-state index in [1.807, 2.05) is 12.4 Å². The Morgan fingerprint density at radius 3 is 3.06 bits per heavy atom. The number of hydrogen-bond donors (Lipinski definition) is 1. The minimum atomic E-state index is -0.0874. The summed E-state index contributed by atoms with van der Waals surface area (Å²) in [6.45, 7) is 1.28. The number of thiazole rings is 1. The van der Waals surface area contributed by atoms with Crippen LogP contribution in [-0.4, -0.2) is 28.4 Å². The van der Waals surface area contributed by atoms with Gasteiger partial charge in [-0.05, 0) is 13.1 Å². The van der Waals surface area contributed by atoms with Crippen molar-refractivity contribution in [3.05, 3.63) is 34.1 Å².